The van der Waals surface area contributed by atoms with Crippen molar-refractivity contribution in [1.82, 2.24) is 20.2 Å². The number of hydrogen-bond acceptors (Lipinski definition) is 5. The van der Waals surface area contributed by atoms with Crippen LogP contribution in [-0.2, 0) is 11.2 Å². The standard InChI is InChI=1S/C20H22N4O2S/c25-18(17-11-21-7-8-22-17)24-13-20(14-24,10-15-4-2-1-3-5-15)19(26)23-16-6-9-27-12-16/h1-5,7-8,11,16H,6,9-10,12-14H2,(H,23,26). The minimum atomic E-state index is -0.577. The monoisotopic (exact) mass is 382 g/mol. The maximum atomic E-state index is 13.1. The lowest BCUT2D eigenvalue weighted by atomic mass is 9.73. The van der Waals surface area contributed by atoms with Gasteiger partial charge in [0.15, 0.2) is 0 Å². The summed E-state index contributed by atoms with van der Waals surface area (Å²) in [6.07, 6.45) is 6.16. The minimum Gasteiger partial charge on any atom is -0.352 e. The van der Waals surface area contributed by atoms with Crippen LogP contribution in [0.15, 0.2) is 48.9 Å². The van der Waals surface area contributed by atoms with Gasteiger partial charge in [0.05, 0.1) is 11.6 Å². The average Bonchev–Trinajstić information content (AvgIpc) is 3.18. The molecule has 0 radical (unpaired) electrons. The van der Waals surface area contributed by atoms with Crippen LogP contribution in [0.1, 0.15) is 22.5 Å². The van der Waals surface area contributed by atoms with E-state index in [1.165, 1.54) is 12.4 Å². The zero-order chi connectivity index (χ0) is 18.7. The van der Waals surface area contributed by atoms with Gasteiger partial charge in [-0.2, -0.15) is 11.8 Å². The number of amides is 2. The summed E-state index contributed by atoms with van der Waals surface area (Å²) >= 11 is 1.87. The van der Waals surface area contributed by atoms with E-state index in [-0.39, 0.29) is 17.9 Å². The highest BCUT2D eigenvalue weighted by molar-refractivity contribution is 7.99. The molecule has 1 aromatic heterocycles. The molecule has 0 spiro atoms. The van der Waals surface area contributed by atoms with Crippen LogP contribution in [0, 0.1) is 5.41 Å². The van der Waals surface area contributed by atoms with Crippen molar-refractivity contribution < 1.29 is 9.59 Å². The third-order valence-corrected chi connectivity index (χ3v) is 6.35. The van der Waals surface area contributed by atoms with Crippen LogP contribution in [0.3, 0.4) is 0 Å². The summed E-state index contributed by atoms with van der Waals surface area (Å²) in [5.74, 6) is 1.95. The number of hydrogen-bond donors (Lipinski definition) is 1. The Balaban J connectivity index is 1.49. The number of nitrogens with one attached hydrogen (secondary N) is 1. The fourth-order valence-corrected chi connectivity index (χ4v) is 4.86. The predicted octanol–water partition coefficient (Wildman–Crippen LogP) is 1.78. The van der Waals surface area contributed by atoms with Gasteiger partial charge in [0.1, 0.15) is 5.69 Å². The molecule has 1 unspecified atom stereocenters. The molecule has 7 heteroatoms. The number of likely N-dealkylation sites (tertiary alicyclic amines) is 1. The number of nitrogens with zero attached hydrogens (tertiary/aromatic N) is 3. The van der Waals surface area contributed by atoms with E-state index in [0.717, 1.165) is 23.5 Å². The van der Waals surface area contributed by atoms with Crippen molar-refractivity contribution in [3.05, 3.63) is 60.2 Å². The Kier molecular flexibility index (Phi) is 5.11. The van der Waals surface area contributed by atoms with Gasteiger partial charge in [0.25, 0.3) is 5.91 Å². The molecule has 2 aromatic rings. The minimum absolute atomic E-state index is 0.0575. The number of benzene rings is 1. The summed E-state index contributed by atoms with van der Waals surface area (Å²) in [4.78, 5) is 35.5. The second-order valence-corrected chi connectivity index (χ2v) is 8.38. The fraction of sp³-hybridized carbons (Fsp3) is 0.400. The first-order valence-electron chi connectivity index (χ1n) is 9.14. The van der Waals surface area contributed by atoms with Crippen molar-refractivity contribution in [2.75, 3.05) is 24.6 Å². The second kappa shape index (κ2) is 7.68. The van der Waals surface area contributed by atoms with Crippen molar-refractivity contribution in [2.24, 2.45) is 5.41 Å². The Morgan fingerprint density at radius 3 is 2.70 bits per heavy atom. The SMILES string of the molecule is O=C(c1cnccn1)N1CC(Cc2ccccc2)(C(=O)NC2CCSC2)C1. The normalized spacial score (nSPS) is 20.7. The molecule has 27 heavy (non-hydrogen) atoms. The molecule has 1 aromatic carbocycles. The number of aromatic nitrogens is 2. The van der Waals surface area contributed by atoms with Gasteiger partial charge in [0.2, 0.25) is 5.91 Å². The van der Waals surface area contributed by atoms with Crippen LogP contribution >= 0.6 is 11.8 Å². The van der Waals surface area contributed by atoms with Crippen LogP contribution in [0.25, 0.3) is 0 Å². The molecule has 1 atom stereocenters. The lowest BCUT2D eigenvalue weighted by molar-refractivity contribution is -0.140. The summed E-state index contributed by atoms with van der Waals surface area (Å²) in [5, 5.41) is 3.22. The molecule has 1 N–H and O–H groups in total. The highest BCUT2D eigenvalue weighted by Crippen LogP contribution is 2.36. The predicted molar refractivity (Wildman–Crippen MR) is 104 cm³/mol. The van der Waals surface area contributed by atoms with E-state index in [9.17, 15) is 9.59 Å². The van der Waals surface area contributed by atoms with Crippen LogP contribution in [0.2, 0.25) is 0 Å². The molecule has 2 amide bonds. The highest BCUT2D eigenvalue weighted by Gasteiger charge is 2.51. The molecular weight excluding hydrogens is 360 g/mol. The quantitative estimate of drug-likeness (QED) is 0.853. The van der Waals surface area contributed by atoms with Gasteiger partial charge in [-0.15, -0.1) is 0 Å². The van der Waals surface area contributed by atoms with Crippen LogP contribution in [0.5, 0.6) is 0 Å². The summed E-state index contributed by atoms with van der Waals surface area (Å²) in [7, 11) is 0. The van der Waals surface area contributed by atoms with Crippen LogP contribution < -0.4 is 5.32 Å². The van der Waals surface area contributed by atoms with Gasteiger partial charge in [-0.05, 0) is 24.2 Å². The van der Waals surface area contributed by atoms with Gasteiger partial charge in [-0.25, -0.2) is 4.98 Å². The van der Waals surface area contributed by atoms with Crippen LogP contribution in [-0.4, -0.2) is 57.3 Å². The second-order valence-electron chi connectivity index (χ2n) is 7.23. The molecular formula is C20H22N4O2S. The molecule has 2 fully saturated rings. The molecule has 0 aliphatic carbocycles. The zero-order valence-electron chi connectivity index (χ0n) is 15.0. The van der Waals surface area contributed by atoms with Crippen molar-refractivity contribution in [1.29, 1.82) is 0 Å². The van der Waals surface area contributed by atoms with E-state index in [4.69, 9.17) is 0 Å². The Morgan fingerprint density at radius 2 is 2.04 bits per heavy atom. The molecule has 0 saturated carbocycles. The van der Waals surface area contributed by atoms with E-state index >= 15 is 0 Å². The molecule has 3 heterocycles. The van der Waals surface area contributed by atoms with E-state index in [1.54, 1.807) is 11.1 Å². The fourth-order valence-electron chi connectivity index (χ4n) is 3.71. The molecule has 2 saturated heterocycles. The third-order valence-electron chi connectivity index (χ3n) is 5.19. The number of rotatable bonds is 5. The number of thioether (sulfide) groups is 1. The molecule has 6 nitrogen and oxygen atoms in total. The molecule has 4 rings (SSSR count). The van der Waals surface area contributed by atoms with Crippen molar-refractivity contribution >= 4 is 23.6 Å². The first-order chi connectivity index (χ1) is 13.2. The smallest absolute Gasteiger partial charge is 0.274 e. The van der Waals surface area contributed by atoms with Gasteiger partial charge >= 0.3 is 0 Å². The Morgan fingerprint density at radius 1 is 1.22 bits per heavy atom. The summed E-state index contributed by atoms with van der Waals surface area (Å²) < 4.78 is 0. The molecule has 140 valence electrons. The van der Waals surface area contributed by atoms with Gasteiger partial charge in [-0.3, -0.25) is 14.6 Å². The molecule has 2 aliphatic heterocycles. The van der Waals surface area contributed by atoms with Crippen molar-refractivity contribution in [3.8, 4) is 0 Å². The number of carbonyl (C=O) groups is 2. The average molecular weight is 382 g/mol. The van der Waals surface area contributed by atoms with Gasteiger partial charge < -0.3 is 10.2 Å². The Labute approximate surface area is 162 Å². The first kappa shape index (κ1) is 18.0. The largest absolute Gasteiger partial charge is 0.352 e. The summed E-state index contributed by atoms with van der Waals surface area (Å²) in [5.41, 5.74) is 0.852. The zero-order valence-corrected chi connectivity index (χ0v) is 15.8. The molecule has 0 bridgehead atoms. The Hall–Kier alpha value is -2.41. The maximum Gasteiger partial charge on any atom is 0.274 e. The van der Waals surface area contributed by atoms with E-state index in [0.29, 0.717) is 25.2 Å². The summed E-state index contributed by atoms with van der Waals surface area (Å²) in [6.45, 7) is 0.812. The Bertz CT molecular complexity index is 803. The lowest BCUT2D eigenvalue weighted by Crippen LogP contribution is -2.66. The van der Waals surface area contributed by atoms with E-state index < -0.39 is 5.41 Å². The van der Waals surface area contributed by atoms with E-state index in [1.807, 2.05) is 42.1 Å². The summed E-state index contributed by atoms with van der Waals surface area (Å²) in [6, 6.07) is 10.2. The molecule has 2 aliphatic rings. The first-order valence-corrected chi connectivity index (χ1v) is 10.3. The lowest BCUT2D eigenvalue weighted by Gasteiger charge is -2.49. The highest BCUT2D eigenvalue weighted by atomic mass is 32.2. The maximum absolute atomic E-state index is 13.1. The van der Waals surface area contributed by atoms with Crippen molar-refractivity contribution in [3.63, 3.8) is 0 Å². The number of carbonyl (C=O) groups excluding carboxylic acids is 2. The third kappa shape index (κ3) is 3.83. The van der Waals surface area contributed by atoms with Crippen molar-refractivity contribution in [2.45, 2.75) is 18.9 Å². The topological polar surface area (TPSA) is 75.2 Å². The van der Waals surface area contributed by atoms with E-state index in [2.05, 4.69) is 15.3 Å². The van der Waals surface area contributed by atoms with Gasteiger partial charge in [0, 0.05) is 37.3 Å². The van der Waals surface area contributed by atoms with Gasteiger partial charge in [-0.1, -0.05) is 30.3 Å². The van der Waals surface area contributed by atoms with Crippen LogP contribution in [0.4, 0.5) is 0 Å².